The van der Waals surface area contributed by atoms with E-state index in [1.165, 1.54) is 0 Å². The molecule has 1 saturated heterocycles. The van der Waals surface area contributed by atoms with Gasteiger partial charge in [0.2, 0.25) is 0 Å². The number of methoxy groups -OCH3 is 1. The molecule has 1 aliphatic heterocycles. The van der Waals surface area contributed by atoms with E-state index in [1.54, 1.807) is 13.2 Å². The molecule has 2 rings (SSSR count). The monoisotopic (exact) mass is 282 g/mol. The van der Waals surface area contributed by atoms with Gasteiger partial charge in [0.05, 0.1) is 18.3 Å². The lowest BCUT2D eigenvalue weighted by atomic mass is 9.76. The summed E-state index contributed by atoms with van der Waals surface area (Å²) >= 11 is 6.23. The molecular weight excluding hydrogens is 262 g/mol. The number of ether oxygens (including phenoxy) is 1. The van der Waals surface area contributed by atoms with Crippen molar-refractivity contribution in [3.63, 3.8) is 0 Å². The van der Waals surface area contributed by atoms with Crippen LogP contribution in [-0.2, 0) is 9.31 Å². The highest BCUT2D eigenvalue weighted by molar-refractivity contribution is 6.63. The molecule has 0 spiro atoms. The van der Waals surface area contributed by atoms with Crippen molar-refractivity contribution in [3.8, 4) is 5.75 Å². The first kappa shape index (κ1) is 14.7. The Morgan fingerprint density at radius 2 is 1.63 bits per heavy atom. The van der Waals surface area contributed by atoms with Crippen LogP contribution in [0.3, 0.4) is 0 Å². The summed E-state index contributed by atoms with van der Waals surface area (Å²) in [6, 6.07) is 3.72. The fourth-order valence-corrected chi connectivity index (χ4v) is 2.22. The maximum absolute atomic E-state index is 6.23. The molecule has 1 aliphatic rings. The van der Waals surface area contributed by atoms with Crippen LogP contribution < -0.4 is 10.2 Å². The van der Waals surface area contributed by atoms with Crippen LogP contribution in [0.25, 0.3) is 0 Å². The van der Waals surface area contributed by atoms with Crippen LogP contribution in [0.15, 0.2) is 12.1 Å². The topological polar surface area (TPSA) is 27.7 Å². The summed E-state index contributed by atoms with van der Waals surface area (Å²) < 4.78 is 17.4. The van der Waals surface area contributed by atoms with Crippen LogP contribution in [0.4, 0.5) is 0 Å². The second-order valence-electron chi connectivity index (χ2n) is 5.91. The van der Waals surface area contributed by atoms with E-state index in [4.69, 9.17) is 25.6 Å². The quantitative estimate of drug-likeness (QED) is 0.781. The van der Waals surface area contributed by atoms with Gasteiger partial charge in [0.1, 0.15) is 5.75 Å². The number of rotatable bonds is 2. The molecule has 1 fully saturated rings. The average Bonchev–Trinajstić information content (AvgIpc) is 2.51. The predicted molar refractivity (Wildman–Crippen MR) is 78.5 cm³/mol. The summed E-state index contributed by atoms with van der Waals surface area (Å²) in [6.45, 7) is 10.1. The molecule has 0 unspecified atom stereocenters. The second kappa shape index (κ2) is 4.69. The summed E-state index contributed by atoms with van der Waals surface area (Å²) in [7, 11) is 1.20. The van der Waals surface area contributed by atoms with Crippen LogP contribution in [0, 0.1) is 6.92 Å². The van der Waals surface area contributed by atoms with Gasteiger partial charge in [0.25, 0.3) is 0 Å². The summed E-state index contributed by atoms with van der Waals surface area (Å²) in [5, 5.41) is 0.657. The predicted octanol–water partition coefficient (Wildman–Crippen LogP) is 2.96. The first-order valence-corrected chi connectivity index (χ1v) is 6.75. The Balaban J connectivity index is 2.42. The molecular formula is C14H20BClO3. The van der Waals surface area contributed by atoms with E-state index >= 15 is 0 Å². The van der Waals surface area contributed by atoms with Gasteiger partial charge < -0.3 is 14.0 Å². The van der Waals surface area contributed by atoms with E-state index in [0.29, 0.717) is 10.8 Å². The zero-order chi connectivity index (χ0) is 14.4. The first-order valence-electron chi connectivity index (χ1n) is 6.37. The van der Waals surface area contributed by atoms with Gasteiger partial charge >= 0.3 is 7.12 Å². The van der Waals surface area contributed by atoms with E-state index in [-0.39, 0.29) is 11.2 Å². The van der Waals surface area contributed by atoms with Crippen molar-refractivity contribution < 1.29 is 14.0 Å². The van der Waals surface area contributed by atoms with Crippen molar-refractivity contribution in [2.45, 2.75) is 45.8 Å². The number of hydrogen-bond donors (Lipinski definition) is 0. The molecule has 0 saturated carbocycles. The molecule has 3 nitrogen and oxygen atoms in total. The van der Waals surface area contributed by atoms with Gasteiger partial charge in [-0.3, -0.25) is 0 Å². The lowest BCUT2D eigenvalue weighted by Gasteiger charge is -2.32. The minimum atomic E-state index is -0.419. The zero-order valence-corrected chi connectivity index (χ0v) is 13.1. The van der Waals surface area contributed by atoms with E-state index in [0.717, 1.165) is 11.0 Å². The van der Waals surface area contributed by atoms with Gasteiger partial charge in [-0.25, -0.2) is 0 Å². The van der Waals surface area contributed by atoms with Crippen LogP contribution in [-0.4, -0.2) is 25.4 Å². The smallest absolute Gasteiger partial charge is 0.495 e. The first-order chi connectivity index (χ1) is 8.68. The Bertz CT molecular complexity index is 484. The molecule has 104 valence electrons. The van der Waals surface area contributed by atoms with E-state index in [2.05, 4.69) is 0 Å². The Kier molecular flexibility index (Phi) is 3.63. The maximum atomic E-state index is 6.23. The third kappa shape index (κ3) is 2.49. The van der Waals surface area contributed by atoms with Gasteiger partial charge in [-0.2, -0.15) is 0 Å². The largest absolute Gasteiger partial charge is 0.497 e. The van der Waals surface area contributed by atoms with E-state index in [1.807, 2.05) is 40.7 Å². The molecule has 1 heterocycles. The van der Waals surface area contributed by atoms with E-state index in [9.17, 15) is 0 Å². The lowest BCUT2D eigenvalue weighted by molar-refractivity contribution is 0.00578. The van der Waals surface area contributed by atoms with Crippen molar-refractivity contribution in [2.75, 3.05) is 7.11 Å². The van der Waals surface area contributed by atoms with Crippen LogP contribution in [0.2, 0.25) is 5.02 Å². The lowest BCUT2D eigenvalue weighted by Crippen LogP contribution is -2.41. The molecule has 0 amide bonds. The third-order valence-corrected chi connectivity index (χ3v) is 4.49. The average molecular weight is 283 g/mol. The van der Waals surface area contributed by atoms with Crippen LogP contribution in [0.5, 0.6) is 5.75 Å². The standard InChI is InChI=1S/C14H20BClO3/c1-9-11(7-10(17-6)8-12(9)16)15-18-13(2,3)14(4,5)19-15/h7-8H,1-6H3. The highest BCUT2D eigenvalue weighted by Crippen LogP contribution is 2.37. The summed E-state index contributed by atoms with van der Waals surface area (Å²) in [4.78, 5) is 0. The number of halogens is 1. The Morgan fingerprint density at radius 3 is 2.11 bits per heavy atom. The highest BCUT2D eigenvalue weighted by Gasteiger charge is 2.52. The zero-order valence-electron chi connectivity index (χ0n) is 12.3. The fraction of sp³-hybridized carbons (Fsp3) is 0.571. The van der Waals surface area contributed by atoms with Crippen LogP contribution >= 0.6 is 11.6 Å². The SMILES string of the molecule is COc1cc(Cl)c(C)c(B2OC(C)(C)C(C)(C)O2)c1. The molecule has 0 N–H and O–H groups in total. The minimum absolute atomic E-state index is 0.361. The summed E-state index contributed by atoms with van der Waals surface area (Å²) in [5.74, 6) is 0.709. The van der Waals surface area contributed by atoms with Crippen molar-refractivity contribution in [1.82, 2.24) is 0 Å². The molecule has 5 heteroatoms. The Hall–Kier alpha value is -0.705. The molecule has 0 atom stereocenters. The second-order valence-corrected chi connectivity index (χ2v) is 6.32. The van der Waals surface area contributed by atoms with Crippen molar-refractivity contribution >= 4 is 24.2 Å². The Morgan fingerprint density at radius 1 is 1.11 bits per heavy atom. The Labute approximate surface area is 120 Å². The normalized spacial score (nSPS) is 20.7. The third-order valence-electron chi connectivity index (χ3n) is 4.10. The van der Waals surface area contributed by atoms with Gasteiger partial charge in [0.15, 0.2) is 0 Å². The number of hydrogen-bond acceptors (Lipinski definition) is 3. The molecule has 0 aromatic heterocycles. The molecule has 1 aromatic rings. The molecule has 0 radical (unpaired) electrons. The molecule has 19 heavy (non-hydrogen) atoms. The van der Waals surface area contributed by atoms with Crippen molar-refractivity contribution in [3.05, 3.63) is 22.7 Å². The fourth-order valence-electron chi connectivity index (χ4n) is 2.01. The van der Waals surface area contributed by atoms with Gasteiger partial charge in [0, 0.05) is 5.02 Å². The highest BCUT2D eigenvalue weighted by atomic mass is 35.5. The van der Waals surface area contributed by atoms with Gasteiger partial charge in [-0.05, 0) is 57.8 Å². The molecule has 0 bridgehead atoms. The van der Waals surface area contributed by atoms with Gasteiger partial charge in [-0.15, -0.1) is 0 Å². The summed E-state index contributed by atoms with van der Waals surface area (Å²) in [5.41, 5.74) is 1.16. The van der Waals surface area contributed by atoms with Crippen molar-refractivity contribution in [2.24, 2.45) is 0 Å². The van der Waals surface area contributed by atoms with E-state index < -0.39 is 7.12 Å². The molecule has 0 aliphatic carbocycles. The molecule has 1 aromatic carbocycles. The maximum Gasteiger partial charge on any atom is 0.495 e. The van der Waals surface area contributed by atoms with Crippen molar-refractivity contribution in [1.29, 1.82) is 0 Å². The minimum Gasteiger partial charge on any atom is -0.497 e. The van der Waals surface area contributed by atoms with Gasteiger partial charge in [-0.1, -0.05) is 11.6 Å². The summed E-state index contributed by atoms with van der Waals surface area (Å²) in [6.07, 6.45) is 0. The van der Waals surface area contributed by atoms with Crippen LogP contribution in [0.1, 0.15) is 33.3 Å². The number of benzene rings is 1.